The van der Waals surface area contributed by atoms with Gasteiger partial charge in [0.2, 0.25) is 0 Å². The molecule has 0 N–H and O–H groups in total. The molecule has 0 unspecified atom stereocenters. The third-order valence-corrected chi connectivity index (χ3v) is 6.51. The van der Waals surface area contributed by atoms with Crippen LogP contribution in [0.25, 0.3) is 5.69 Å². The minimum atomic E-state index is -0.246. The van der Waals surface area contributed by atoms with Crippen LogP contribution in [-0.2, 0) is 0 Å². The fourth-order valence-corrected chi connectivity index (χ4v) is 4.68. The maximum atomic E-state index is 13.4. The lowest BCUT2D eigenvalue weighted by Crippen LogP contribution is -2.45. The van der Waals surface area contributed by atoms with Gasteiger partial charge in [0, 0.05) is 31.5 Å². The topological polar surface area (TPSA) is 95.1 Å². The molecule has 1 saturated heterocycles. The zero-order chi connectivity index (χ0) is 23.2. The number of hydrazine groups is 1. The molecule has 168 valence electrons. The third kappa shape index (κ3) is 4.76. The van der Waals surface area contributed by atoms with E-state index in [9.17, 15) is 9.59 Å². The summed E-state index contributed by atoms with van der Waals surface area (Å²) in [6.45, 7) is 2.78. The smallest absolute Gasteiger partial charge is 0.267 e. The molecule has 1 aliphatic heterocycles. The van der Waals surface area contributed by atoms with Gasteiger partial charge in [-0.3, -0.25) is 9.59 Å². The first-order chi connectivity index (χ1) is 16.1. The Hall–Kier alpha value is -3.64. The predicted octanol–water partition coefficient (Wildman–Crippen LogP) is 3.87. The van der Waals surface area contributed by atoms with Crippen LogP contribution in [0.5, 0.6) is 0 Å². The highest BCUT2D eigenvalue weighted by molar-refractivity contribution is 7.99. The fourth-order valence-electron chi connectivity index (χ4n) is 3.75. The summed E-state index contributed by atoms with van der Waals surface area (Å²) in [4.78, 5) is 31.2. The lowest BCUT2D eigenvalue weighted by molar-refractivity contribution is 0.0183. The maximum Gasteiger partial charge on any atom is 0.275 e. The number of nitriles is 1. The van der Waals surface area contributed by atoms with Gasteiger partial charge in [0.1, 0.15) is 5.03 Å². The number of rotatable bonds is 7. The van der Waals surface area contributed by atoms with Crippen molar-refractivity contribution in [2.24, 2.45) is 0 Å². The van der Waals surface area contributed by atoms with Crippen LogP contribution in [0.2, 0.25) is 0 Å². The lowest BCUT2D eigenvalue weighted by Gasteiger charge is -2.28. The van der Waals surface area contributed by atoms with Crippen molar-refractivity contribution in [3.63, 3.8) is 0 Å². The molecular weight excluding hydrogens is 436 g/mol. The van der Waals surface area contributed by atoms with Crippen LogP contribution in [0.15, 0.2) is 59.9 Å². The van der Waals surface area contributed by atoms with E-state index in [-0.39, 0.29) is 11.8 Å². The summed E-state index contributed by atoms with van der Waals surface area (Å²) in [5.74, 6) is 0.211. The van der Waals surface area contributed by atoms with Gasteiger partial charge in [0.15, 0.2) is 0 Å². The van der Waals surface area contributed by atoms with Crippen LogP contribution in [0.3, 0.4) is 0 Å². The Morgan fingerprint density at radius 2 is 1.79 bits per heavy atom. The summed E-state index contributed by atoms with van der Waals surface area (Å²) in [6, 6.07) is 15.2. The molecule has 1 aromatic carbocycles. The standard InChI is InChI=1S/C24H24N6O2S/c1-18-21(17-27-30(18)19-9-3-2-4-10-19)24(32)29-15-8-14-28(29)23(31)20-11-7-13-26-22(20)33-16-6-5-12-25/h2-4,7,9-11,13,17H,5-6,8,14-16H2,1H3. The van der Waals surface area contributed by atoms with Crippen LogP contribution in [0.4, 0.5) is 0 Å². The SMILES string of the molecule is Cc1c(C(=O)N2CCCN2C(=O)c2cccnc2SCCCC#N)cnn1-c1ccccc1. The number of pyridine rings is 1. The molecule has 0 saturated carbocycles. The van der Waals surface area contributed by atoms with Gasteiger partial charge in [-0.15, -0.1) is 11.8 Å². The van der Waals surface area contributed by atoms with Crippen molar-refractivity contribution in [1.29, 1.82) is 5.26 Å². The molecule has 1 fully saturated rings. The van der Waals surface area contributed by atoms with Gasteiger partial charge in [-0.1, -0.05) is 18.2 Å². The van der Waals surface area contributed by atoms with Crippen LogP contribution in [0.1, 0.15) is 45.7 Å². The molecular formula is C24H24N6O2S. The Morgan fingerprint density at radius 1 is 1.06 bits per heavy atom. The minimum absolute atomic E-state index is 0.243. The molecule has 3 aromatic rings. The van der Waals surface area contributed by atoms with Gasteiger partial charge in [-0.2, -0.15) is 10.4 Å². The highest BCUT2D eigenvalue weighted by Gasteiger charge is 2.34. The molecule has 4 rings (SSSR count). The van der Waals surface area contributed by atoms with Gasteiger partial charge in [0.25, 0.3) is 11.8 Å². The predicted molar refractivity (Wildman–Crippen MR) is 125 cm³/mol. The molecule has 1 aliphatic rings. The molecule has 9 heteroatoms. The molecule has 8 nitrogen and oxygen atoms in total. The first-order valence-electron chi connectivity index (χ1n) is 10.8. The summed E-state index contributed by atoms with van der Waals surface area (Å²) in [7, 11) is 0. The summed E-state index contributed by atoms with van der Waals surface area (Å²) >= 11 is 1.46. The van der Waals surface area contributed by atoms with E-state index in [1.807, 2.05) is 37.3 Å². The van der Waals surface area contributed by atoms with E-state index in [0.717, 1.165) is 17.8 Å². The summed E-state index contributed by atoms with van der Waals surface area (Å²) in [6.07, 6.45) is 5.11. The monoisotopic (exact) mass is 460 g/mol. The Balaban J connectivity index is 1.54. The van der Waals surface area contributed by atoms with E-state index >= 15 is 0 Å². The number of hydrogen-bond donors (Lipinski definition) is 0. The maximum absolute atomic E-state index is 13.4. The first-order valence-corrected chi connectivity index (χ1v) is 11.8. The second-order valence-electron chi connectivity index (χ2n) is 7.57. The van der Waals surface area contributed by atoms with E-state index in [1.54, 1.807) is 29.2 Å². The second kappa shape index (κ2) is 10.3. The number of amides is 2. The third-order valence-electron chi connectivity index (χ3n) is 5.41. The van der Waals surface area contributed by atoms with Crippen molar-refractivity contribution in [3.05, 3.63) is 71.7 Å². The number of benzene rings is 1. The Morgan fingerprint density at radius 3 is 2.52 bits per heavy atom. The second-order valence-corrected chi connectivity index (χ2v) is 8.65. The Bertz CT molecular complexity index is 1190. The van der Waals surface area contributed by atoms with Gasteiger partial charge in [0.05, 0.1) is 34.8 Å². The molecule has 2 amide bonds. The van der Waals surface area contributed by atoms with Gasteiger partial charge in [-0.05, 0) is 44.0 Å². The zero-order valence-electron chi connectivity index (χ0n) is 18.3. The normalized spacial score (nSPS) is 13.2. The number of thioether (sulfide) groups is 1. The number of carbonyl (C=O) groups is 2. The average Bonchev–Trinajstić information content (AvgIpc) is 3.49. The first kappa shape index (κ1) is 22.6. The molecule has 0 aliphatic carbocycles. The van der Waals surface area contributed by atoms with Crippen molar-refractivity contribution < 1.29 is 9.59 Å². The van der Waals surface area contributed by atoms with Gasteiger partial charge in [-0.25, -0.2) is 19.7 Å². The highest BCUT2D eigenvalue weighted by atomic mass is 32.2. The van der Waals surface area contributed by atoms with Crippen molar-refractivity contribution in [3.8, 4) is 11.8 Å². The fraction of sp³-hybridized carbons (Fsp3) is 0.292. The Labute approximate surface area is 196 Å². The van der Waals surface area contributed by atoms with E-state index in [1.165, 1.54) is 21.8 Å². The van der Waals surface area contributed by atoms with Crippen LogP contribution in [-0.4, -0.2) is 55.4 Å². The van der Waals surface area contributed by atoms with E-state index in [2.05, 4.69) is 16.2 Å². The molecule has 2 aromatic heterocycles. The van der Waals surface area contributed by atoms with E-state index < -0.39 is 0 Å². The highest BCUT2D eigenvalue weighted by Crippen LogP contribution is 2.26. The van der Waals surface area contributed by atoms with Crippen molar-refractivity contribution >= 4 is 23.6 Å². The molecule has 33 heavy (non-hydrogen) atoms. The molecule has 0 spiro atoms. The molecule has 0 bridgehead atoms. The van der Waals surface area contributed by atoms with E-state index in [4.69, 9.17) is 5.26 Å². The number of aromatic nitrogens is 3. The number of unbranched alkanes of at least 4 members (excludes halogenated alkanes) is 1. The number of nitrogens with zero attached hydrogens (tertiary/aromatic N) is 6. The lowest BCUT2D eigenvalue weighted by atomic mass is 10.2. The summed E-state index contributed by atoms with van der Waals surface area (Å²) in [5.41, 5.74) is 2.53. The zero-order valence-corrected chi connectivity index (χ0v) is 19.2. The largest absolute Gasteiger partial charge is 0.275 e. The van der Waals surface area contributed by atoms with Crippen LogP contribution >= 0.6 is 11.8 Å². The van der Waals surface area contributed by atoms with Crippen LogP contribution < -0.4 is 0 Å². The van der Waals surface area contributed by atoms with Crippen LogP contribution in [0, 0.1) is 18.3 Å². The van der Waals surface area contributed by atoms with Crippen molar-refractivity contribution in [2.75, 3.05) is 18.8 Å². The average molecular weight is 461 g/mol. The quantitative estimate of drug-likeness (QED) is 0.392. The number of carbonyl (C=O) groups excluding carboxylic acids is 2. The van der Waals surface area contributed by atoms with Crippen molar-refractivity contribution in [1.82, 2.24) is 24.8 Å². The molecule has 0 atom stereocenters. The van der Waals surface area contributed by atoms with E-state index in [0.29, 0.717) is 47.8 Å². The number of hydrogen-bond acceptors (Lipinski definition) is 6. The minimum Gasteiger partial charge on any atom is -0.267 e. The Kier molecular flexibility index (Phi) is 7.05. The number of para-hydroxylation sites is 1. The molecule has 0 radical (unpaired) electrons. The van der Waals surface area contributed by atoms with Crippen molar-refractivity contribution in [2.45, 2.75) is 31.2 Å². The van der Waals surface area contributed by atoms with Gasteiger partial charge >= 0.3 is 0 Å². The van der Waals surface area contributed by atoms with Gasteiger partial charge < -0.3 is 0 Å². The summed E-state index contributed by atoms with van der Waals surface area (Å²) in [5, 5.41) is 16.8. The summed E-state index contributed by atoms with van der Waals surface area (Å²) < 4.78 is 1.73. The molecule has 3 heterocycles.